The van der Waals surface area contributed by atoms with Gasteiger partial charge in [-0.1, -0.05) is 25.1 Å². The smallest absolute Gasteiger partial charge is 0.338 e. The van der Waals surface area contributed by atoms with Crippen LogP contribution in [0, 0.1) is 0 Å². The van der Waals surface area contributed by atoms with Crippen LogP contribution in [0.25, 0.3) is 0 Å². The Morgan fingerprint density at radius 1 is 1.09 bits per heavy atom. The van der Waals surface area contributed by atoms with Gasteiger partial charge in [-0.3, -0.25) is 14.6 Å². The number of amides is 2. The number of piperidine rings is 1. The lowest BCUT2D eigenvalue weighted by Crippen LogP contribution is -2.43. The number of hydrogen-bond acceptors (Lipinski definition) is 3. The monoisotopic (exact) mass is 447 g/mol. The fourth-order valence-electron chi connectivity index (χ4n) is 4.99. The van der Waals surface area contributed by atoms with Crippen LogP contribution < -0.4 is 0 Å². The predicted octanol–water partition coefficient (Wildman–Crippen LogP) is 4.20. The average Bonchev–Trinajstić information content (AvgIpc) is 3.07. The standard InChI is InChI=1S/C24H28F3N3O2/c1-2-21(31)30-11-5-6-17-14-28-22(19(17)15-30)23(32)29-12-9-16(10-13-29)18-7-3-4-8-20(18)24(25,26)27/h3-4,7-8,16H,2,5-6,9-15H2,1H3. The Morgan fingerprint density at radius 2 is 1.81 bits per heavy atom. The lowest BCUT2D eigenvalue weighted by atomic mass is 9.86. The lowest BCUT2D eigenvalue weighted by molar-refractivity contribution is -0.138. The molecule has 3 heterocycles. The van der Waals surface area contributed by atoms with Crippen molar-refractivity contribution >= 4 is 17.5 Å². The van der Waals surface area contributed by atoms with Gasteiger partial charge in [0, 0.05) is 38.2 Å². The molecule has 4 rings (SSSR count). The molecule has 0 saturated carbocycles. The Labute approximate surface area is 186 Å². The summed E-state index contributed by atoms with van der Waals surface area (Å²) in [6, 6.07) is 5.73. The first kappa shape index (κ1) is 22.6. The molecule has 2 amide bonds. The summed E-state index contributed by atoms with van der Waals surface area (Å²) in [6.07, 6.45) is -1.29. The maximum atomic E-state index is 13.4. The summed E-state index contributed by atoms with van der Waals surface area (Å²) < 4.78 is 40.2. The van der Waals surface area contributed by atoms with E-state index in [0.717, 1.165) is 30.1 Å². The van der Waals surface area contributed by atoms with Gasteiger partial charge in [0.05, 0.1) is 12.1 Å². The molecule has 1 fully saturated rings. The summed E-state index contributed by atoms with van der Waals surface area (Å²) in [5.41, 5.74) is 2.17. The van der Waals surface area contributed by atoms with Gasteiger partial charge in [0.2, 0.25) is 5.91 Å². The third-order valence-electron chi connectivity index (χ3n) is 6.74. The maximum absolute atomic E-state index is 13.4. The first-order chi connectivity index (χ1) is 15.3. The van der Waals surface area contributed by atoms with Crippen molar-refractivity contribution < 1.29 is 22.8 Å². The van der Waals surface area contributed by atoms with Crippen molar-refractivity contribution in [3.63, 3.8) is 0 Å². The molecule has 172 valence electrons. The van der Waals surface area contributed by atoms with E-state index < -0.39 is 11.7 Å². The zero-order valence-corrected chi connectivity index (χ0v) is 18.2. The number of alkyl halides is 3. The van der Waals surface area contributed by atoms with E-state index in [2.05, 4.69) is 4.99 Å². The normalized spacial score (nSPS) is 20.2. The molecule has 3 aliphatic rings. The molecule has 8 heteroatoms. The molecule has 5 nitrogen and oxygen atoms in total. The molecule has 0 bridgehead atoms. The van der Waals surface area contributed by atoms with Gasteiger partial charge in [-0.05, 0) is 48.8 Å². The summed E-state index contributed by atoms with van der Waals surface area (Å²) in [4.78, 5) is 33.5. The van der Waals surface area contributed by atoms with Crippen LogP contribution >= 0.6 is 0 Å². The van der Waals surface area contributed by atoms with Crippen LogP contribution in [0.2, 0.25) is 0 Å². The molecule has 0 atom stereocenters. The van der Waals surface area contributed by atoms with Gasteiger partial charge < -0.3 is 9.80 Å². The number of nitrogens with zero attached hydrogens (tertiary/aromatic N) is 3. The second-order valence-electron chi connectivity index (χ2n) is 8.67. The zero-order chi connectivity index (χ0) is 22.9. The minimum absolute atomic E-state index is 0.0709. The molecule has 1 aromatic carbocycles. The first-order valence-corrected chi connectivity index (χ1v) is 11.3. The third-order valence-corrected chi connectivity index (χ3v) is 6.74. The van der Waals surface area contributed by atoms with Crippen LogP contribution in [0.3, 0.4) is 0 Å². The molecular formula is C24H28F3N3O2. The third kappa shape index (κ3) is 4.45. The van der Waals surface area contributed by atoms with E-state index in [0.29, 0.717) is 63.3 Å². The number of rotatable bonds is 3. The van der Waals surface area contributed by atoms with Gasteiger partial charge in [0.25, 0.3) is 5.91 Å². The molecule has 0 aromatic heterocycles. The second-order valence-corrected chi connectivity index (χ2v) is 8.67. The fraction of sp³-hybridized carbons (Fsp3) is 0.542. The van der Waals surface area contributed by atoms with E-state index in [1.807, 2.05) is 6.92 Å². The minimum Gasteiger partial charge on any atom is -0.338 e. The van der Waals surface area contributed by atoms with Crippen molar-refractivity contribution in [3.05, 3.63) is 46.5 Å². The Hall–Kier alpha value is -2.64. The van der Waals surface area contributed by atoms with Gasteiger partial charge in [0.15, 0.2) is 0 Å². The van der Waals surface area contributed by atoms with Crippen LogP contribution in [0.5, 0.6) is 0 Å². The number of carbonyl (C=O) groups excluding carboxylic acids is 2. The molecule has 0 unspecified atom stereocenters. The zero-order valence-electron chi connectivity index (χ0n) is 18.2. The molecule has 1 aromatic rings. The van der Waals surface area contributed by atoms with Crippen molar-refractivity contribution in [2.45, 2.75) is 51.1 Å². The molecule has 0 N–H and O–H groups in total. The number of hydrogen-bond donors (Lipinski definition) is 0. The lowest BCUT2D eigenvalue weighted by Gasteiger charge is -2.33. The number of carbonyl (C=O) groups is 2. The highest BCUT2D eigenvalue weighted by Crippen LogP contribution is 2.39. The first-order valence-electron chi connectivity index (χ1n) is 11.3. The Balaban J connectivity index is 1.44. The van der Waals surface area contributed by atoms with E-state index >= 15 is 0 Å². The van der Waals surface area contributed by atoms with E-state index in [4.69, 9.17) is 0 Å². The molecule has 0 spiro atoms. The van der Waals surface area contributed by atoms with Crippen LogP contribution in [-0.2, 0) is 15.8 Å². The van der Waals surface area contributed by atoms with E-state index in [-0.39, 0.29) is 17.7 Å². The Kier molecular flexibility index (Phi) is 6.40. The summed E-state index contributed by atoms with van der Waals surface area (Å²) in [5, 5.41) is 0. The minimum atomic E-state index is -4.38. The van der Waals surface area contributed by atoms with Crippen LogP contribution in [0.15, 0.2) is 40.4 Å². The molecule has 1 saturated heterocycles. The van der Waals surface area contributed by atoms with Gasteiger partial charge in [-0.25, -0.2) is 0 Å². The van der Waals surface area contributed by atoms with Gasteiger partial charge in [0.1, 0.15) is 5.71 Å². The fourth-order valence-corrected chi connectivity index (χ4v) is 4.99. The molecule has 0 aliphatic carbocycles. The SMILES string of the molecule is CCC(=O)N1CCCC2=C(C1)C(C(=O)N1CCC(c3ccccc3C(F)(F)F)CC1)=NC2. The number of halogens is 3. The van der Waals surface area contributed by atoms with Crippen molar-refractivity contribution in [2.75, 3.05) is 32.7 Å². The van der Waals surface area contributed by atoms with Gasteiger partial charge >= 0.3 is 6.18 Å². The number of benzene rings is 1. The predicted molar refractivity (Wildman–Crippen MR) is 115 cm³/mol. The highest BCUT2D eigenvalue weighted by atomic mass is 19.4. The highest BCUT2D eigenvalue weighted by Gasteiger charge is 2.37. The van der Waals surface area contributed by atoms with Crippen molar-refractivity contribution in [3.8, 4) is 0 Å². The number of aliphatic imine (C=N–C) groups is 1. The highest BCUT2D eigenvalue weighted by molar-refractivity contribution is 6.46. The second kappa shape index (κ2) is 9.08. The molecular weight excluding hydrogens is 419 g/mol. The van der Waals surface area contributed by atoms with Crippen LogP contribution in [0.1, 0.15) is 56.1 Å². The van der Waals surface area contributed by atoms with Crippen LogP contribution in [-0.4, -0.2) is 60.0 Å². The topological polar surface area (TPSA) is 53.0 Å². The van der Waals surface area contributed by atoms with Gasteiger partial charge in [-0.15, -0.1) is 0 Å². The summed E-state index contributed by atoms with van der Waals surface area (Å²) >= 11 is 0. The summed E-state index contributed by atoms with van der Waals surface area (Å²) in [7, 11) is 0. The Morgan fingerprint density at radius 3 is 2.50 bits per heavy atom. The summed E-state index contributed by atoms with van der Waals surface area (Å²) in [6.45, 7) is 4.23. The number of likely N-dealkylation sites (tertiary alicyclic amines) is 1. The molecule has 3 aliphatic heterocycles. The van der Waals surface area contributed by atoms with E-state index in [1.165, 1.54) is 6.07 Å². The van der Waals surface area contributed by atoms with E-state index in [9.17, 15) is 22.8 Å². The van der Waals surface area contributed by atoms with Crippen molar-refractivity contribution in [1.82, 2.24) is 9.80 Å². The quantitative estimate of drug-likeness (QED) is 0.698. The Bertz CT molecular complexity index is 959. The van der Waals surface area contributed by atoms with Crippen LogP contribution in [0.4, 0.5) is 13.2 Å². The van der Waals surface area contributed by atoms with Crippen molar-refractivity contribution in [2.24, 2.45) is 4.99 Å². The van der Waals surface area contributed by atoms with E-state index in [1.54, 1.807) is 21.9 Å². The molecule has 0 radical (unpaired) electrons. The maximum Gasteiger partial charge on any atom is 0.416 e. The van der Waals surface area contributed by atoms with Crippen molar-refractivity contribution in [1.29, 1.82) is 0 Å². The van der Waals surface area contributed by atoms with Gasteiger partial charge in [-0.2, -0.15) is 13.2 Å². The molecule has 32 heavy (non-hydrogen) atoms. The average molecular weight is 448 g/mol. The summed E-state index contributed by atoms with van der Waals surface area (Å²) in [5.74, 6) is -0.322. The largest absolute Gasteiger partial charge is 0.416 e.